The number of carbonyl (C=O) groups is 1. The van der Waals surface area contributed by atoms with Gasteiger partial charge in [0.2, 0.25) is 0 Å². The van der Waals surface area contributed by atoms with E-state index in [0.29, 0.717) is 5.57 Å². The minimum absolute atomic E-state index is 0.184. The van der Waals surface area contributed by atoms with E-state index in [1.807, 2.05) is 20.8 Å². The Balaban J connectivity index is 4.26. The molecule has 82 valence electrons. The summed E-state index contributed by atoms with van der Waals surface area (Å²) in [5.74, 6) is -0.571. The van der Waals surface area contributed by atoms with Crippen molar-refractivity contribution in [3.8, 4) is 0 Å². The third kappa shape index (κ3) is 4.45. The van der Waals surface area contributed by atoms with Crippen LogP contribution in [0.1, 0.15) is 53.4 Å². The van der Waals surface area contributed by atoms with E-state index in [4.69, 9.17) is 5.11 Å². The highest BCUT2D eigenvalue weighted by Gasteiger charge is 2.16. The van der Waals surface area contributed by atoms with Crippen LogP contribution in [0.3, 0.4) is 0 Å². The lowest BCUT2D eigenvalue weighted by Gasteiger charge is -2.13. The molecule has 0 saturated heterocycles. The van der Waals surface area contributed by atoms with Crippen LogP contribution < -0.4 is 0 Å². The monoisotopic (exact) mass is 198 g/mol. The molecule has 0 amide bonds. The van der Waals surface area contributed by atoms with E-state index in [2.05, 4.69) is 6.92 Å². The van der Waals surface area contributed by atoms with Crippen molar-refractivity contribution in [2.24, 2.45) is 5.92 Å². The minimum atomic E-state index is -0.756. The second-order valence-electron chi connectivity index (χ2n) is 4.12. The third-order valence-electron chi connectivity index (χ3n) is 2.50. The molecule has 0 heterocycles. The largest absolute Gasteiger partial charge is 0.478 e. The van der Waals surface area contributed by atoms with Crippen molar-refractivity contribution in [2.45, 2.75) is 53.4 Å². The standard InChI is InChI=1S/C12H22O2/c1-5-6-7-8-10(4)11(9(2)3)12(13)14/h10H,5-8H2,1-4H3,(H,13,14). The molecule has 0 rings (SSSR count). The maximum absolute atomic E-state index is 11.0. The molecular weight excluding hydrogens is 176 g/mol. The number of carboxylic acids is 1. The molecule has 0 aliphatic heterocycles. The van der Waals surface area contributed by atoms with Crippen molar-refractivity contribution in [1.82, 2.24) is 0 Å². The van der Waals surface area contributed by atoms with Crippen molar-refractivity contribution in [1.29, 1.82) is 0 Å². The van der Waals surface area contributed by atoms with Crippen LogP contribution in [-0.2, 0) is 4.79 Å². The summed E-state index contributed by atoms with van der Waals surface area (Å²) in [5.41, 5.74) is 1.53. The molecule has 0 aromatic carbocycles. The first-order chi connectivity index (χ1) is 6.50. The van der Waals surface area contributed by atoms with Crippen molar-refractivity contribution in [2.75, 3.05) is 0 Å². The van der Waals surface area contributed by atoms with Gasteiger partial charge in [-0.15, -0.1) is 0 Å². The average molecular weight is 198 g/mol. The van der Waals surface area contributed by atoms with E-state index in [1.165, 1.54) is 12.8 Å². The smallest absolute Gasteiger partial charge is 0.331 e. The molecule has 0 aliphatic rings. The molecule has 0 aromatic heterocycles. The topological polar surface area (TPSA) is 37.3 Å². The van der Waals surface area contributed by atoms with Gasteiger partial charge >= 0.3 is 5.97 Å². The Morgan fingerprint density at radius 2 is 1.86 bits per heavy atom. The maximum Gasteiger partial charge on any atom is 0.331 e. The summed E-state index contributed by atoms with van der Waals surface area (Å²) in [6.07, 6.45) is 4.49. The summed E-state index contributed by atoms with van der Waals surface area (Å²) in [6, 6.07) is 0. The van der Waals surface area contributed by atoms with Crippen LogP contribution in [0.4, 0.5) is 0 Å². The maximum atomic E-state index is 11.0. The highest BCUT2D eigenvalue weighted by Crippen LogP contribution is 2.21. The van der Waals surface area contributed by atoms with Gasteiger partial charge in [-0.05, 0) is 26.2 Å². The van der Waals surface area contributed by atoms with Crippen LogP contribution in [0, 0.1) is 5.92 Å². The molecule has 14 heavy (non-hydrogen) atoms. The molecule has 2 heteroatoms. The van der Waals surface area contributed by atoms with Crippen molar-refractivity contribution in [3.05, 3.63) is 11.1 Å². The average Bonchev–Trinajstić information content (AvgIpc) is 2.03. The van der Waals surface area contributed by atoms with E-state index in [1.54, 1.807) is 0 Å². The Bertz CT molecular complexity index is 212. The minimum Gasteiger partial charge on any atom is -0.478 e. The molecule has 2 nitrogen and oxygen atoms in total. The molecule has 0 bridgehead atoms. The van der Waals surface area contributed by atoms with Gasteiger partial charge in [-0.25, -0.2) is 4.79 Å². The molecular formula is C12H22O2. The van der Waals surface area contributed by atoms with Crippen LogP contribution in [0.15, 0.2) is 11.1 Å². The van der Waals surface area contributed by atoms with Crippen molar-refractivity contribution < 1.29 is 9.90 Å². The first-order valence-corrected chi connectivity index (χ1v) is 5.41. The number of aliphatic carboxylic acids is 1. The molecule has 0 saturated carbocycles. The van der Waals surface area contributed by atoms with Gasteiger partial charge in [-0.2, -0.15) is 0 Å². The fraction of sp³-hybridized carbons (Fsp3) is 0.750. The molecule has 1 atom stereocenters. The number of allylic oxidation sites excluding steroid dienone is 1. The molecule has 0 spiro atoms. The van der Waals surface area contributed by atoms with Crippen LogP contribution >= 0.6 is 0 Å². The summed E-state index contributed by atoms with van der Waals surface area (Å²) in [6.45, 7) is 7.91. The quantitative estimate of drug-likeness (QED) is 0.522. The number of hydrogen-bond donors (Lipinski definition) is 1. The fourth-order valence-corrected chi connectivity index (χ4v) is 1.76. The fourth-order valence-electron chi connectivity index (χ4n) is 1.76. The summed E-state index contributed by atoms with van der Waals surface area (Å²) in [4.78, 5) is 11.0. The molecule has 0 aliphatic carbocycles. The number of unbranched alkanes of at least 4 members (excludes halogenated alkanes) is 2. The van der Waals surface area contributed by atoms with E-state index in [9.17, 15) is 4.79 Å². The van der Waals surface area contributed by atoms with Crippen LogP contribution in [0.5, 0.6) is 0 Å². The van der Waals surface area contributed by atoms with Crippen LogP contribution in [-0.4, -0.2) is 11.1 Å². The van der Waals surface area contributed by atoms with E-state index in [0.717, 1.165) is 18.4 Å². The molecule has 0 fully saturated rings. The lowest BCUT2D eigenvalue weighted by Crippen LogP contribution is -2.11. The highest BCUT2D eigenvalue weighted by atomic mass is 16.4. The van der Waals surface area contributed by atoms with Gasteiger partial charge in [0.25, 0.3) is 0 Å². The summed E-state index contributed by atoms with van der Waals surface area (Å²) >= 11 is 0. The predicted octanol–water partition coefficient (Wildman–Crippen LogP) is 3.62. The lowest BCUT2D eigenvalue weighted by atomic mass is 9.92. The Kier molecular flexibility index (Phi) is 6.26. The normalized spacial score (nSPS) is 12.3. The van der Waals surface area contributed by atoms with Gasteiger partial charge in [0.1, 0.15) is 0 Å². The van der Waals surface area contributed by atoms with Crippen LogP contribution in [0.2, 0.25) is 0 Å². The van der Waals surface area contributed by atoms with E-state index in [-0.39, 0.29) is 5.92 Å². The van der Waals surface area contributed by atoms with Gasteiger partial charge in [-0.1, -0.05) is 38.7 Å². The lowest BCUT2D eigenvalue weighted by molar-refractivity contribution is -0.133. The first kappa shape index (κ1) is 13.2. The summed E-state index contributed by atoms with van der Waals surface area (Å²) in [5, 5.41) is 9.01. The molecule has 0 aromatic rings. The Morgan fingerprint density at radius 1 is 1.29 bits per heavy atom. The summed E-state index contributed by atoms with van der Waals surface area (Å²) in [7, 11) is 0. The summed E-state index contributed by atoms with van der Waals surface area (Å²) < 4.78 is 0. The molecule has 1 N–H and O–H groups in total. The number of hydrogen-bond acceptors (Lipinski definition) is 1. The highest BCUT2D eigenvalue weighted by molar-refractivity contribution is 5.87. The zero-order valence-corrected chi connectivity index (χ0v) is 9.76. The molecule has 0 radical (unpaired) electrons. The Labute approximate surface area is 87.0 Å². The predicted molar refractivity (Wildman–Crippen MR) is 59.3 cm³/mol. The third-order valence-corrected chi connectivity index (χ3v) is 2.50. The zero-order chi connectivity index (χ0) is 11.1. The van der Waals surface area contributed by atoms with Gasteiger partial charge in [0.05, 0.1) is 0 Å². The second kappa shape index (κ2) is 6.63. The van der Waals surface area contributed by atoms with Crippen LogP contribution in [0.25, 0.3) is 0 Å². The molecule has 1 unspecified atom stereocenters. The van der Waals surface area contributed by atoms with Gasteiger partial charge in [0, 0.05) is 5.57 Å². The zero-order valence-electron chi connectivity index (χ0n) is 9.76. The second-order valence-corrected chi connectivity index (χ2v) is 4.12. The van der Waals surface area contributed by atoms with Gasteiger partial charge < -0.3 is 5.11 Å². The van der Waals surface area contributed by atoms with E-state index < -0.39 is 5.97 Å². The number of rotatable bonds is 6. The van der Waals surface area contributed by atoms with E-state index >= 15 is 0 Å². The Morgan fingerprint density at radius 3 is 2.21 bits per heavy atom. The van der Waals surface area contributed by atoms with Crippen molar-refractivity contribution in [3.63, 3.8) is 0 Å². The van der Waals surface area contributed by atoms with Gasteiger partial charge in [0.15, 0.2) is 0 Å². The first-order valence-electron chi connectivity index (χ1n) is 5.41. The Hall–Kier alpha value is -0.790. The SMILES string of the molecule is CCCCCC(C)C(C(=O)O)=C(C)C. The van der Waals surface area contributed by atoms with Crippen molar-refractivity contribution >= 4 is 5.97 Å². The van der Waals surface area contributed by atoms with Gasteiger partial charge in [-0.3, -0.25) is 0 Å². The number of carboxylic acid groups (broad SMARTS) is 1.